The highest BCUT2D eigenvalue weighted by atomic mass is 32.2. The van der Waals surface area contributed by atoms with Crippen molar-refractivity contribution < 1.29 is 22.0 Å². The highest BCUT2D eigenvalue weighted by Gasteiger charge is 2.44. The largest absolute Gasteiger partial charge is 0.731 e. The van der Waals surface area contributed by atoms with Crippen molar-refractivity contribution in [3.05, 3.63) is 89.2 Å². The predicted molar refractivity (Wildman–Crippen MR) is 128 cm³/mol. The molecule has 0 saturated carbocycles. The summed E-state index contributed by atoms with van der Waals surface area (Å²) in [6.45, 7) is 3.48. The summed E-state index contributed by atoms with van der Waals surface area (Å²) >= 11 is 0. The van der Waals surface area contributed by atoms with Crippen LogP contribution in [0.4, 0.5) is 5.69 Å². The van der Waals surface area contributed by atoms with Crippen molar-refractivity contribution in [2.24, 2.45) is 0 Å². The molecule has 0 aliphatic heterocycles. The molecule has 0 aliphatic rings. The lowest BCUT2D eigenvalue weighted by molar-refractivity contribution is 0.230. The standard InChI is InChI=1S/C23H25N5O5S.H3N/c1-16-24-21(32-26-16)23(22-25-17(2)27-33-22,14-6-9-18-7-4-3-5-8-18)15-19-10-12-20(13-11-19)28-34(29,30)31;/h3-5,7-8,10-13,28H,6,9,14-15H2,1-2H3,(H,29,30,31);1H3. The quantitative estimate of drug-likeness (QED) is 0.305. The van der Waals surface area contributed by atoms with Crippen LogP contribution in [0.25, 0.3) is 0 Å². The Balaban J connectivity index is 0.00000342. The van der Waals surface area contributed by atoms with Crippen molar-refractivity contribution in [2.75, 3.05) is 4.72 Å². The van der Waals surface area contributed by atoms with Gasteiger partial charge >= 0.3 is 0 Å². The van der Waals surface area contributed by atoms with Crippen molar-refractivity contribution in [3.8, 4) is 0 Å². The first-order valence-electron chi connectivity index (χ1n) is 10.7. The smallest absolute Gasteiger partial charge is 0.242 e. The molecule has 5 N–H and O–H groups in total. The Morgan fingerprint density at radius 2 is 1.46 bits per heavy atom. The van der Waals surface area contributed by atoms with E-state index in [-0.39, 0.29) is 11.8 Å². The van der Waals surface area contributed by atoms with Gasteiger partial charge in [-0.05, 0) is 62.8 Å². The number of benzene rings is 2. The molecule has 0 saturated heterocycles. The molecule has 11 nitrogen and oxygen atoms in total. The maximum absolute atomic E-state index is 11.0. The molecule has 186 valence electrons. The summed E-state index contributed by atoms with van der Waals surface area (Å²) in [6.07, 6.45) is 2.57. The van der Waals surface area contributed by atoms with Gasteiger partial charge in [0.15, 0.2) is 22.0 Å². The van der Waals surface area contributed by atoms with Gasteiger partial charge in [0.05, 0.1) is 0 Å². The molecular weight excluding hydrogens is 472 g/mol. The monoisotopic (exact) mass is 500 g/mol. The van der Waals surface area contributed by atoms with E-state index in [0.29, 0.717) is 36.3 Å². The van der Waals surface area contributed by atoms with Crippen LogP contribution in [0.2, 0.25) is 0 Å². The van der Waals surface area contributed by atoms with Crippen LogP contribution in [-0.2, 0) is 28.6 Å². The summed E-state index contributed by atoms with van der Waals surface area (Å²) in [5, 5.41) is 7.98. The number of quaternary nitrogens is 1. The predicted octanol–water partition coefficient (Wildman–Crippen LogP) is 3.87. The molecule has 4 rings (SSSR count). The molecule has 2 heterocycles. The van der Waals surface area contributed by atoms with E-state index in [2.05, 4.69) is 32.4 Å². The second kappa shape index (κ2) is 10.8. The number of aryl methyl sites for hydroxylation is 3. The average Bonchev–Trinajstić information content (AvgIpc) is 3.43. The van der Waals surface area contributed by atoms with Gasteiger partial charge in [-0.3, -0.25) is 4.72 Å². The van der Waals surface area contributed by atoms with Crippen molar-refractivity contribution >= 4 is 16.0 Å². The van der Waals surface area contributed by atoms with E-state index in [1.807, 2.05) is 22.9 Å². The maximum Gasteiger partial charge on any atom is 0.242 e. The topological polar surface area (TPSA) is 184 Å². The molecular formula is C23H28N6O5S. The number of nitrogens with zero attached hydrogens (tertiary/aromatic N) is 4. The lowest BCUT2D eigenvalue weighted by atomic mass is 9.76. The molecule has 0 aliphatic carbocycles. The molecule has 2 aromatic heterocycles. The summed E-state index contributed by atoms with van der Waals surface area (Å²) in [5.74, 6) is 1.70. The Kier molecular flexibility index (Phi) is 7.99. The summed E-state index contributed by atoms with van der Waals surface area (Å²) in [7, 11) is -4.61. The van der Waals surface area contributed by atoms with Gasteiger partial charge in [0.2, 0.25) is 11.8 Å². The molecule has 12 heteroatoms. The summed E-state index contributed by atoms with van der Waals surface area (Å²) in [6, 6.07) is 16.6. The molecule has 0 fully saturated rings. The third kappa shape index (κ3) is 6.50. The zero-order chi connectivity index (χ0) is 24.2. The molecule has 0 amide bonds. The lowest BCUT2D eigenvalue weighted by Crippen LogP contribution is -2.32. The highest BCUT2D eigenvalue weighted by Crippen LogP contribution is 2.39. The minimum absolute atomic E-state index is 0. The SMILES string of the molecule is Cc1noc(C(CCCc2ccccc2)(Cc2ccc(NS(=O)(=O)[O-])cc2)c2nc(C)no2)n1.[NH4+]. The number of hydrogen-bond acceptors (Lipinski definition) is 9. The Morgan fingerprint density at radius 1 is 0.886 bits per heavy atom. The number of nitrogens with one attached hydrogen (secondary N) is 1. The average molecular weight is 501 g/mol. The van der Waals surface area contributed by atoms with Gasteiger partial charge in [0, 0.05) is 5.69 Å². The van der Waals surface area contributed by atoms with Gasteiger partial charge in [-0.1, -0.05) is 52.8 Å². The van der Waals surface area contributed by atoms with Crippen molar-refractivity contribution in [1.29, 1.82) is 0 Å². The van der Waals surface area contributed by atoms with Gasteiger partial charge < -0.3 is 19.7 Å². The fraction of sp³-hybridized carbons (Fsp3) is 0.304. The first kappa shape index (κ1) is 26.0. The van der Waals surface area contributed by atoms with E-state index in [9.17, 15) is 13.0 Å². The second-order valence-electron chi connectivity index (χ2n) is 8.14. The van der Waals surface area contributed by atoms with E-state index >= 15 is 0 Å². The van der Waals surface area contributed by atoms with Crippen molar-refractivity contribution in [3.63, 3.8) is 0 Å². The van der Waals surface area contributed by atoms with E-state index in [0.717, 1.165) is 18.4 Å². The third-order valence-corrected chi connectivity index (χ3v) is 5.97. The van der Waals surface area contributed by atoms with Crippen molar-refractivity contribution in [1.82, 2.24) is 26.4 Å². The van der Waals surface area contributed by atoms with Crippen molar-refractivity contribution in [2.45, 2.75) is 44.9 Å². The second-order valence-corrected chi connectivity index (χ2v) is 9.26. The Hall–Kier alpha value is -3.61. The zero-order valence-corrected chi connectivity index (χ0v) is 20.6. The lowest BCUT2D eigenvalue weighted by Gasteiger charge is -2.27. The van der Waals surface area contributed by atoms with Gasteiger partial charge in [-0.15, -0.1) is 0 Å². The fourth-order valence-corrected chi connectivity index (χ4v) is 4.38. The van der Waals surface area contributed by atoms with Crippen LogP contribution in [0.1, 0.15) is 47.4 Å². The summed E-state index contributed by atoms with van der Waals surface area (Å²) < 4.78 is 46.2. The van der Waals surface area contributed by atoms with E-state index in [1.54, 1.807) is 26.0 Å². The van der Waals surface area contributed by atoms with Crippen LogP contribution in [-0.4, -0.2) is 33.3 Å². The Labute approximate surface area is 203 Å². The van der Waals surface area contributed by atoms with Gasteiger partial charge in [0.1, 0.15) is 5.41 Å². The van der Waals surface area contributed by atoms with Gasteiger partial charge in [-0.2, -0.15) is 9.97 Å². The number of anilines is 1. The molecule has 0 atom stereocenters. The molecule has 4 aromatic rings. The fourth-order valence-electron chi connectivity index (χ4n) is 3.95. The van der Waals surface area contributed by atoms with Crippen LogP contribution in [0.15, 0.2) is 63.6 Å². The Bertz CT molecular complexity index is 1300. The number of aromatic nitrogens is 4. The van der Waals surface area contributed by atoms with E-state index in [4.69, 9.17) is 9.05 Å². The molecule has 0 bridgehead atoms. The van der Waals surface area contributed by atoms with E-state index in [1.165, 1.54) is 17.7 Å². The minimum Gasteiger partial charge on any atom is -0.731 e. The highest BCUT2D eigenvalue weighted by molar-refractivity contribution is 7.87. The van der Waals surface area contributed by atoms with Crippen LogP contribution in [0, 0.1) is 13.8 Å². The first-order valence-corrected chi connectivity index (χ1v) is 12.1. The van der Waals surface area contributed by atoms with E-state index < -0.39 is 15.7 Å². The van der Waals surface area contributed by atoms with Crippen LogP contribution in [0.5, 0.6) is 0 Å². The summed E-state index contributed by atoms with van der Waals surface area (Å²) in [5.41, 5.74) is 1.32. The minimum atomic E-state index is -4.61. The molecule has 0 spiro atoms. The van der Waals surface area contributed by atoms with Gasteiger partial charge in [0.25, 0.3) is 0 Å². The molecule has 2 aromatic carbocycles. The maximum atomic E-state index is 11.0. The third-order valence-electron chi connectivity index (χ3n) is 5.49. The normalized spacial score (nSPS) is 11.7. The molecule has 35 heavy (non-hydrogen) atoms. The number of rotatable bonds is 10. The molecule has 0 radical (unpaired) electrons. The van der Waals surface area contributed by atoms with Crippen LogP contribution in [0.3, 0.4) is 0 Å². The van der Waals surface area contributed by atoms with Crippen LogP contribution >= 0.6 is 0 Å². The molecule has 0 unspecified atom stereocenters. The first-order chi connectivity index (χ1) is 16.2. The van der Waals surface area contributed by atoms with Gasteiger partial charge in [-0.25, -0.2) is 8.42 Å². The summed E-state index contributed by atoms with van der Waals surface area (Å²) in [4.78, 5) is 9.04. The number of hydrogen-bond donors (Lipinski definition) is 2. The van der Waals surface area contributed by atoms with Crippen LogP contribution < -0.4 is 10.9 Å². The Morgan fingerprint density at radius 3 is 1.94 bits per heavy atom. The zero-order valence-electron chi connectivity index (χ0n) is 19.8.